The van der Waals surface area contributed by atoms with Gasteiger partial charge >= 0.3 is 0 Å². The first-order valence-corrected chi connectivity index (χ1v) is 6.42. The van der Waals surface area contributed by atoms with Gasteiger partial charge in [0.05, 0.1) is 11.4 Å². The van der Waals surface area contributed by atoms with Crippen molar-refractivity contribution in [2.75, 3.05) is 11.1 Å². The Morgan fingerprint density at radius 3 is 2.47 bits per heavy atom. The second kappa shape index (κ2) is 5.06. The van der Waals surface area contributed by atoms with Crippen molar-refractivity contribution in [3.8, 4) is 0 Å². The quantitative estimate of drug-likeness (QED) is 0.764. The van der Waals surface area contributed by atoms with Gasteiger partial charge in [0.2, 0.25) is 0 Å². The van der Waals surface area contributed by atoms with E-state index in [1.54, 1.807) is 30.3 Å². The van der Waals surface area contributed by atoms with Gasteiger partial charge in [0.15, 0.2) is 0 Å². The normalized spacial score (nSPS) is 10.3. The summed E-state index contributed by atoms with van der Waals surface area (Å²) in [7, 11) is 0. The van der Waals surface area contributed by atoms with Crippen LogP contribution in [-0.4, -0.2) is 0 Å². The van der Waals surface area contributed by atoms with Crippen molar-refractivity contribution >= 4 is 48.9 Å². The highest BCUT2D eigenvalue weighted by molar-refractivity contribution is 9.10. The molecular weight excluding hydrogens is 351 g/mol. The second-order valence-corrected chi connectivity index (χ2v) is 5.26. The molecule has 2 aromatic carbocycles. The van der Waals surface area contributed by atoms with E-state index < -0.39 is 0 Å². The van der Waals surface area contributed by atoms with Crippen molar-refractivity contribution in [3.05, 3.63) is 51.2 Å². The fourth-order valence-electron chi connectivity index (χ4n) is 1.37. The summed E-state index contributed by atoms with van der Waals surface area (Å²) in [6, 6.07) is 10.0. The predicted molar refractivity (Wildman–Crippen MR) is 75.9 cm³/mol. The van der Waals surface area contributed by atoms with Crippen molar-refractivity contribution in [3.63, 3.8) is 0 Å². The van der Waals surface area contributed by atoms with Crippen LogP contribution in [0, 0.1) is 5.82 Å². The lowest BCUT2D eigenvalue weighted by Gasteiger charge is -2.10. The molecule has 17 heavy (non-hydrogen) atoms. The Labute approximate surface area is 115 Å². The maximum Gasteiger partial charge on any atom is 0.146 e. The highest BCUT2D eigenvalue weighted by Crippen LogP contribution is 2.30. The number of hydrogen-bond acceptors (Lipinski definition) is 2. The Kier molecular flexibility index (Phi) is 3.69. The van der Waals surface area contributed by atoms with Crippen LogP contribution in [0.1, 0.15) is 0 Å². The maximum absolute atomic E-state index is 13.5. The minimum absolute atomic E-state index is 0.308. The minimum Gasteiger partial charge on any atom is -0.399 e. The van der Waals surface area contributed by atoms with Crippen molar-refractivity contribution in [2.45, 2.75) is 0 Å². The van der Waals surface area contributed by atoms with E-state index in [-0.39, 0.29) is 5.82 Å². The maximum atomic E-state index is 13.5. The third-order valence-corrected chi connectivity index (χ3v) is 3.34. The van der Waals surface area contributed by atoms with Gasteiger partial charge in [0.1, 0.15) is 5.82 Å². The molecule has 0 unspecified atom stereocenters. The molecule has 0 aliphatic rings. The SMILES string of the molecule is Nc1ccc(Nc2cc(Br)ccc2F)c(Br)c1. The summed E-state index contributed by atoms with van der Waals surface area (Å²) >= 11 is 6.67. The highest BCUT2D eigenvalue weighted by atomic mass is 79.9. The van der Waals surface area contributed by atoms with Crippen LogP contribution in [0.5, 0.6) is 0 Å². The molecule has 0 amide bonds. The summed E-state index contributed by atoms with van der Waals surface area (Å²) in [6.07, 6.45) is 0. The zero-order valence-corrected chi connectivity index (χ0v) is 11.8. The third kappa shape index (κ3) is 2.98. The smallest absolute Gasteiger partial charge is 0.146 e. The summed E-state index contributed by atoms with van der Waals surface area (Å²) in [5, 5.41) is 3.00. The van der Waals surface area contributed by atoms with E-state index >= 15 is 0 Å². The van der Waals surface area contributed by atoms with Crippen LogP contribution in [0.2, 0.25) is 0 Å². The van der Waals surface area contributed by atoms with E-state index in [0.717, 1.165) is 14.6 Å². The van der Waals surface area contributed by atoms with Gasteiger partial charge in [-0.1, -0.05) is 15.9 Å². The monoisotopic (exact) mass is 358 g/mol. The molecule has 0 saturated carbocycles. The van der Waals surface area contributed by atoms with Crippen molar-refractivity contribution < 1.29 is 4.39 Å². The Morgan fingerprint density at radius 2 is 1.76 bits per heavy atom. The lowest BCUT2D eigenvalue weighted by atomic mass is 10.2. The average Bonchev–Trinajstić information content (AvgIpc) is 2.27. The number of hydrogen-bond donors (Lipinski definition) is 2. The third-order valence-electron chi connectivity index (χ3n) is 2.19. The Hall–Kier alpha value is -1.07. The lowest BCUT2D eigenvalue weighted by molar-refractivity contribution is 0.631. The van der Waals surface area contributed by atoms with Gasteiger partial charge in [0.25, 0.3) is 0 Å². The molecule has 0 spiro atoms. The second-order valence-electron chi connectivity index (χ2n) is 3.49. The molecule has 5 heteroatoms. The van der Waals surface area contributed by atoms with Crippen molar-refractivity contribution in [2.24, 2.45) is 0 Å². The molecule has 2 aromatic rings. The van der Waals surface area contributed by atoms with Crippen LogP contribution >= 0.6 is 31.9 Å². The molecule has 3 N–H and O–H groups in total. The number of nitrogens with two attached hydrogens (primary N) is 1. The number of rotatable bonds is 2. The van der Waals surface area contributed by atoms with Crippen LogP contribution < -0.4 is 11.1 Å². The van der Waals surface area contributed by atoms with Crippen LogP contribution in [0.4, 0.5) is 21.5 Å². The fraction of sp³-hybridized carbons (Fsp3) is 0. The molecule has 2 rings (SSSR count). The summed E-state index contributed by atoms with van der Waals surface area (Å²) < 4.78 is 15.1. The van der Waals surface area contributed by atoms with Gasteiger partial charge in [-0.3, -0.25) is 0 Å². The van der Waals surface area contributed by atoms with Gasteiger partial charge < -0.3 is 11.1 Å². The molecular formula is C12H9Br2FN2. The first-order valence-electron chi connectivity index (χ1n) is 4.83. The Morgan fingerprint density at radius 1 is 1.00 bits per heavy atom. The fourth-order valence-corrected chi connectivity index (χ4v) is 2.23. The van der Waals surface area contributed by atoms with Crippen LogP contribution in [0.3, 0.4) is 0 Å². The molecule has 0 heterocycles. The topological polar surface area (TPSA) is 38.0 Å². The van der Waals surface area contributed by atoms with Gasteiger partial charge in [-0.2, -0.15) is 0 Å². The molecule has 0 atom stereocenters. The molecule has 2 nitrogen and oxygen atoms in total. The van der Waals surface area contributed by atoms with Gasteiger partial charge in [-0.25, -0.2) is 4.39 Å². The first-order chi connectivity index (χ1) is 8.06. The van der Waals surface area contributed by atoms with Gasteiger partial charge in [-0.05, 0) is 52.3 Å². The number of nitrogens with one attached hydrogen (secondary N) is 1. The zero-order chi connectivity index (χ0) is 12.4. The first kappa shape index (κ1) is 12.4. The molecule has 0 aliphatic heterocycles. The predicted octanol–water partition coefficient (Wildman–Crippen LogP) is 4.68. The summed E-state index contributed by atoms with van der Waals surface area (Å²) in [5.74, 6) is -0.308. The van der Waals surface area contributed by atoms with Gasteiger partial charge in [0, 0.05) is 14.6 Å². The van der Waals surface area contributed by atoms with E-state index in [1.807, 2.05) is 0 Å². The molecule has 88 valence electrons. The van der Waals surface area contributed by atoms with E-state index in [0.29, 0.717) is 11.4 Å². The van der Waals surface area contributed by atoms with Gasteiger partial charge in [-0.15, -0.1) is 0 Å². The van der Waals surface area contributed by atoms with Crippen LogP contribution in [-0.2, 0) is 0 Å². The summed E-state index contributed by atoms with van der Waals surface area (Å²) in [5.41, 5.74) is 7.45. The van der Waals surface area contributed by atoms with Crippen LogP contribution in [0.15, 0.2) is 45.3 Å². The number of halogens is 3. The van der Waals surface area contributed by atoms with E-state index in [1.165, 1.54) is 6.07 Å². The summed E-state index contributed by atoms with van der Waals surface area (Å²) in [6.45, 7) is 0. The Balaban J connectivity index is 2.34. The molecule has 0 aliphatic carbocycles. The van der Waals surface area contributed by atoms with Crippen LogP contribution in [0.25, 0.3) is 0 Å². The molecule has 0 radical (unpaired) electrons. The molecule has 0 saturated heterocycles. The molecule has 0 bridgehead atoms. The Bertz CT molecular complexity index is 558. The number of anilines is 3. The molecule has 0 aromatic heterocycles. The summed E-state index contributed by atoms with van der Waals surface area (Å²) in [4.78, 5) is 0. The van der Waals surface area contributed by atoms with Crippen molar-refractivity contribution in [1.82, 2.24) is 0 Å². The van der Waals surface area contributed by atoms with E-state index in [9.17, 15) is 4.39 Å². The lowest BCUT2D eigenvalue weighted by Crippen LogP contribution is -1.95. The number of nitrogen functional groups attached to an aromatic ring is 1. The minimum atomic E-state index is -0.308. The van der Waals surface area contributed by atoms with E-state index in [4.69, 9.17) is 5.73 Å². The highest BCUT2D eigenvalue weighted by Gasteiger charge is 2.05. The largest absolute Gasteiger partial charge is 0.399 e. The van der Waals surface area contributed by atoms with E-state index in [2.05, 4.69) is 37.2 Å². The molecule has 0 fully saturated rings. The van der Waals surface area contributed by atoms with Crippen molar-refractivity contribution in [1.29, 1.82) is 0 Å². The number of benzene rings is 2. The average molecular weight is 360 g/mol. The zero-order valence-electron chi connectivity index (χ0n) is 8.68. The standard InChI is InChI=1S/C12H9Br2FN2/c13-7-1-3-10(15)12(5-7)17-11-4-2-8(16)6-9(11)14/h1-6,17H,16H2.